The molecule has 0 radical (unpaired) electrons. The second-order valence-corrected chi connectivity index (χ2v) is 9.13. The lowest BCUT2D eigenvalue weighted by molar-refractivity contribution is -0.138. The molecule has 0 spiro atoms. The van der Waals surface area contributed by atoms with Crippen LogP contribution in [0.3, 0.4) is 0 Å². The number of carbonyl (C=O) groups excluding carboxylic acids is 1. The first kappa shape index (κ1) is 17.1. The van der Waals surface area contributed by atoms with E-state index >= 15 is 0 Å². The third-order valence-corrected chi connectivity index (χ3v) is 8.05. The Labute approximate surface area is 150 Å². The molecule has 25 heavy (non-hydrogen) atoms. The number of allylic oxidation sites excluding steroid dienone is 4. The number of esters is 1. The van der Waals surface area contributed by atoms with E-state index in [1.165, 1.54) is 32.6 Å². The second kappa shape index (κ2) is 5.57. The van der Waals surface area contributed by atoms with Crippen LogP contribution in [0.1, 0.15) is 53.4 Å². The largest absolute Gasteiger partial charge is 0.428 e. The van der Waals surface area contributed by atoms with Crippen molar-refractivity contribution < 1.29 is 14.6 Å². The summed E-state index contributed by atoms with van der Waals surface area (Å²) < 4.78 is 5.43. The molecule has 0 bridgehead atoms. The fourth-order valence-corrected chi connectivity index (χ4v) is 6.38. The van der Waals surface area contributed by atoms with Gasteiger partial charge in [-0.25, -0.2) is 0 Å². The van der Waals surface area contributed by atoms with Crippen LogP contribution in [-0.2, 0) is 9.53 Å². The number of aliphatic hydroxyl groups excluding tert-OH is 1. The van der Waals surface area contributed by atoms with Crippen LogP contribution in [0.15, 0.2) is 35.6 Å². The zero-order valence-corrected chi connectivity index (χ0v) is 15.8. The minimum absolute atomic E-state index is 0.156. The van der Waals surface area contributed by atoms with Gasteiger partial charge in [0.1, 0.15) is 11.9 Å². The molecule has 0 aliphatic heterocycles. The molecule has 7 atom stereocenters. The van der Waals surface area contributed by atoms with E-state index in [0.717, 1.165) is 17.4 Å². The number of rotatable bonds is 1. The highest BCUT2D eigenvalue weighted by molar-refractivity contribution is 5.68. The van der Waals surface area contributed by atoms with Gasteiger partial charge in [-0.3, -0.25) is 4.79 Å². The van der Waals surface area contributed by atoms with Crippen molar-refractivity contribution in [3.63, 3.8) is 0 Å². The van der Waals surface area contributed by atoms with Gasteiger partial charge in [-0.1, -0.05) is 45.1 Å². The Morgan fingerprint density at radius 2 is 1.96 bits per heavy atom. The van der Waals surface area contributed by atoms with Crippen molar-refractivity contribution in [1.29, 1.82) is 0 Å². The maximum Gasteiger partial charge on any atom is 0.307 e. The summed E-state index contributed by atoms with van der Waals surface area (Å²) in [6, 6.07) is 0. The smallest absolute Gasteiger partial charge is 0.307 e. The average Bonchev–Trinajstić information content (AvgIpc) is 2.86. The summed E-state index contributed by atoms with van der Waals surface area (Å²) in [6.07, 6.45) is 12.8. The van der Waals surface area contributed by atoms with Crippen molar-refractivity contribution in [2.24, 2.45) is 34.5 Å². The number of carbonyl (C=O) groups is 1. The molecule has 0 aromatic carbocycles. The van der Waals surface area contributed by atoms with E-state index in [4.69, 9.17) is 4.74 Å². The minimum Gasteiger partial charge on any atom is -0.428 e. The van der Waals surface area contributed by atoms with Gasteiger partial charge in [0.15, 0.2) is 0 Å². The first-order valence-electron chi connectivity index (χ1n) is 9.76. The van der Waals surface area contributed by atoms with Crippen molar-refractivity contribution in [3.05, 3.63) is 35.6 Å². The van der Waals surface area contributed by atoms with E-state index in [1.807, 2.05) is 6.08 Å². The molecule has 2 saturated carbocycles. The molecule has 1 N–H and O–H groups in total. The molecule has 3 nitrogen and oxygen atoms in total. The lowest BCUT2D eigenvalue weighted by Gasteiger charge is -2.55. The molecule has 4 aliphatic carbocycles. The van der Waals surface area contributed by atoms with E-state index in [1.54, 1.807) is 0 Å². The molecule has 4 aliphatic rings. The highest BCUT2D eigenvalue weighted by Crippen LogP contribution is 2.64. The van der Waals surface area contributed by atoms with Crippen LogP contribution in [0.2, 0.25) is 0 Å². The predicted molar refractivity (Wildman–Crippen MR) is 97.4 cm³/mol. The van der Waals surface area contributed by atoms with Crippen LogP contribution in [-0.4, -0.2) is 17.2 Å². The summed E-state index contributed by atoms with van der Waals surface area (Å²) in [4.78, 5) is 11.5. The normalized spacial score (nSPS) is 48.0. The van der Waals surface area contributed by atoms with Crippen LogP contribution >= 0.6 is 0 Å². The Morgan fingerprint density at radius 3 is 2.68 bits per heavy atom. The maximum atomic E-state index is 11.5. The number of aliphatic hydroxyl groups is 1. The van der Waals surface area contributed by atoms with Crippen molar-refractivity contribution >= 4 is 5.97 Å². The van der Waals surface area contributed by atoms with Crippen LogP contribution in [0.5, 0.6) is 0 Å². The monoisotopic (exact) mass is 342 g/mol. The summed E-state index contributed by atoms with van der Waals surface area (Å²) in [6.45, 7) is 8.58. The lowest BCUT2D eigenvalue weighted by Crippen LogP contribution is -2.48. The summed E-state index contributed by atoms with van der Waals surface area (Å²) in [5.41, 5.74) is 1.30. The van der Waals surface area contributed by atoms with E-state index in [0.29, 0.717) is 23.0 Å². The van der Waals surface area contributed by atoms with Crippen LogP contribution in [0.4, 0.5) is 0 Å². The fraction of sp³-hybridized carbons (Fsp3) is 0.682. The quantitative estimate of drug-likeness (QED) is 0.568. The Hall–Kier alpha value is -1.35. The van der Waals surface area contributed by atoms with Gasteiger partial charge in [0.05, 0.1) is 0 Å². The van der Waals surface area contributed by atoms with Crippen LogP contribution in [0, 0.1) is 34.5 Å². The standard InChI is InChI=1S/C22H30O3/c1-13-5-7-16-15-6-8-18-20(25-14(2)23)19(24)10-12-22(18,4)17(15)9-11-21(13,16)3/h6,8,10,12-13,15-17,19,24H,5,7,9,11H2,1-4H3/t13-,15+,16+,17+,19?,21-,22-/m1/s1. The van der Waals surface area contributed by atoms with Crippen molar-refractivity contribution in [1.82, 2.24) is 0 Å². The summed E-state index contributed by atoms with van der Waals surface area (Å²) in [5.74, 6) is 2.71. The number of ether oxygens (including phenoxy) is 1. The summed E-state index contributed by atoms with van der Waals surface area (Å²) >= 11 is 0. The molecule has 136 valence electrons. The first-order chi connectivity index (χ1) is 11.8. The molecule has 0 aromatic rings. The number of fused-ring (bicyclic) bond motifs is 5. The van der Waals surface area contributed by atoms with Crippen LogP contribution in [0.25, 0.3) is 0 Å². The van der Waals surface area contributed by atoms with E-state index in [2.05, 4.69) is 39.0 Å². The topological polar surface area (TPSA) is 46.5 Å². The predicted octanol–water partition coefficient (Wildman–Crippen LogP) is 4.39. The third-order valence-electron chi connectivity index (χ3n) is 8.05. The zero-order valence-electron chi connectivity index (χ0n) is 15.8. The van der Waals surface area contributed by atoms with Gasteiger partial charge in [-0.05, 0) is 54.8 Å². The van der Waals surface area contributed by atoms with Crippen molar-refractivity contribution in [2.45, 2.75) is 59.5 Å². The average molecular weight is 342 g/mol. The Balaban J connectivity index is 1.78. The fourth-order valence-electron chi connectivity index (χ4n) is 6.38. The molecule has 0 saturated heterocycles. The number of hydrogen-bond donors (Lipinski definition) is 1. The molecular formula is C22H30O3. The van der Waals surface area contributed by atoms with Gasteiger partial charge >= 0.3 is 5.97 Å². The van der Waals surface area contributed by atoms with Crippen molar-refractivity contribution in [2.75, 3.05) is 0 Å². The van der Waals surface area contributed by atoms with Gasteiger partial charge in [-0.2, -0.15) is 0 Å². The zero-order chi connectivity index (χ0) is 18.0. The van der Waals surface area contributed by atoms with E-state index < -0.39 is 6.10 Å². The molecule has 1 unspecified atom stereocenters. The molecule has 2 fully saturated rings. The summed E-state index contributed by atoms with van der Waals surface area (Å²) in [7, 11) is 0. The molecular weight excluding hydrogens is 312 g/mol. The van der Waals surface area contributed by atoms with Gasteiger partial charge in [0.25, 0.3) is 0 Å². The molecule has 0 heterocycles. The summed E-state index contributed by atoms with van der Waals surface area (Å²) in [5, 5.41) is 10.3. The van der Waals surface area contributed by atoms with Crippen molar-refractivity contribution in [3.8, 4) is 0 Å². The Morgan fingerprint density at radius 1 is 1.20 bits per heavy atom. The molecule has 0 amide bonds. The highest BCUT2D eigenvalue weighted by atomic mass is 16.5. The van der Waals surface area contributed by atoms with Gasteiger partial charge in [-0.15, -0.1) is 0 Å². The SMILES string of the molecule is CC(=O)OC1=C2C=C[C@H]3[C@@H]4CC[C@@H](C)[C@@]4(C)CC[C@@H]3[C@@]2(C)C=CC1O. The van der Waals surface area contributed by atoms with Crippen LogP contribution < -0.4 is 0 Å². The molecule has 4 rings (SSSR count). The minimum atomic E-state index is -0.825. The van der Waals surface area contributed by atoms with E-state index in [9.17, 15) is 9.90 Å². The highest BCUT2D eigenvalue weighted by Gasteiger charge is 2.57. The third kappa shape index (κ3) is 2.31. The number of hydrogen-bond acceptors (Lipinski definition) is 3. The first-order valence-corrected chi connectivity index (χ1v) is 9.76. The Bertz CT molecular complexity index is 687. The maximum absolute atomic E-state index is 11.5. The van der Waals surface area contributed by atoms with Gasteiger partial charge < -0.3 is 9.84 Å². The van der Waals surface area contributed by atoms with Gasteiger partial charge in [0.2, 0.25) is 0 Å². The molecule has 0 aromatic heterocycles. The molecule has 3 heteroatoms. The Kier molecular flexibility index (Phi) is 3.81. The van der Waals surface area contributed by atoms with E-state index in [-0.39, 0.29) is 11.4 Å². The second-order valence-electron chi connectivity index (χ2n) is 9.13. The lowest BCUT2D eigenvalue weighted by atomic mass is 9.49. The van der Waals surface area contributed by atoms with Gasteiger partial charge in [0, 0.05) is 17.9 Å².